The number of fused-ring (bicyclic) bond motifs is 1. The Balaban J connectivity index is 1.58. The van der Waals surface area contributed by atoms with E-state index in [9.17, 15) is 4.79 Å². The van der Waals surface area contributed by atoms with Crippen molar-refractivity contribution in [3.05, 3.63) is 118 Å². The molecule has 1 atom stereocenters. The Morgan fingerprint density at radius 3 is 1.89 bits per heavy atom. The van der Waals surface area contributed by atoms with Gasteiger partial charge in [-0.05, 0) is 65.9 Å². The van der Waals surface area contributed by atoms with Crippen molar-refractivity contribution in [2.24, 2.45) is 0 Å². The van der Waals surface area contributed by atoms with E-state index >= 15 is 0 Å². The zero-order valence-electron chi connectivity index (χ0n) is 26.2. The molecule has 0 fully saturated rings. The molecule has 0 radical (unpaired) electrons. The van der Waals surface area contributed by atoms with E-state index < -0.39 is 0 Å². The van der Waals surface area contributed by atoms with Crippen molar-refractivity contribution in [1.82, 2.24) is 14.5 Å². The number of aromatic nitrogens is 3. The Morgan fingerprint density at radius 2 is 1.36 bits per heavy atom. The largest absolute Gasteiger partial charge is 0.497 e. The van der Waals surface area contributed by atoms with E-state index in [0.717, 1.165) is 46.6 Å². The van der Waals surface area contributed by atoms with Gasteiger partial charge in [0.2, 0.25) is 11.8 Å². The Morgan fingerprint density at radius 1 is 0.800 bits per heavy atom. The van der Waals surface area contributed by atoms with Crippen LogP contribution in [0.3, 0.4) is 0 Å². The Hall–Kier alpha value is -4.56. The van der Waals surface area contributed by atoms with Gasteiger partial charge in [0.05, 0.1) is 32.4 Å². The summed E-state index contributed by atoms with van der Waals surface area (Å²) >= 11 is 5.96. The minimum absolute atomic E-state index is 0.131. The molecule has 0 saturated carbocycles. The average molecular weight is 627 g/mol. The van der Waals surface area contributed by atoms with Crippen molar-refractivity contribution in [2.45, 2.75) is 58.3 Å². The SMILES string of the molecule is CCCC(C)Oc1nc(N(Cc2ccc(OC)cc2)Cc2ccc(OC)cc2)nc2ccn(Cc3ccc(CCl)cc3)c(=O)c12. The van der Waals surface area contributed by atoms with Gasteiger partial charge >= 0.3 is 0 Å². The quantitative estimate of drug-likeness (QED) is 0.119. The maximum absolute atomic E-state index is 13.9. The van der Waals surface area contributed by atoms with Crippen molar-refractivity contribution >= 4 is 28.5 Å². The van der Waals surface area contributed by atoms with E-state index in [-0.39, 0.29) is 11.7 Å². The lowest BCUT2D eigenvalue weighted by atomic mass is 10.1. The van der Waals surface area contributed by atoms with Crippen LogP contribution in [0.5, 0.6) is 17.4 Å². The third-order valence-corrected chi connectivity index (χ3v) is 7.97. The number of hydrogen-bond donors (Lipinski definition) is 0. The summed E-state index contributed by atoms with van der Waals surface area (Å²) in [7, 11) is 3.31. The molecule has 3 aromatic carbocycles. The third-order valence-electron chi connectivity index (χ3n) is 7.67. The van der Waals surface area contributed by atoms with Crippen LogP contribution in [-0.4, -0.2) is 34.9 Å². The number of alkyl halides is 1. The normalized spacial score (nSPS) is 11.8. The molecule has 1 unspecified atom stereocenters. The van der Waals surface area contributed by atoms with Gasteiger partial charge in [-0.2, -0.15) is 4.98 Å². The molecule has 234 valence electrons. The van der Waals surface area contributed by atoms with Gasteiger partial charge in [-0.3, -0.25) is 4.79 Å². The molecule has 0 amide bonds. The topological polar surface area (TPSA) is 78.7 Å². The minimum Gasteiger partial charge on any atom is -0.497 e. The van der Waals surface area contributed by atoms with Gasteiger partial charge in [0.15, 0.2) is 0 Å². The Bertz CT molecular complexity index is 1710. The number of hydrogen-bond acceptors (Lipinski definition) is 7. The van der Waals surface area contributed by atoms with Crippen molar-refractivity contribution in [3.8, 4) is 17.4 Å². The lowest BCUT2D eigenvalue weighted by Gasteiger charge is -2.25. The van der Waals surface area contributed by atoms with Crippen LogP contribution < -0.4 is 24.7 Å². The molecule has 0 aliphatic carbocycles. The van der Waals surface area contributed by atoms with Crippen LogP contribution in [0, 0.1) is 0 Å². The molecule has 0 saturated heterocycles. The molecule has 0 bridgehead atoms. The maximum atomic E-state index is 13.9. The summed E-state index contributed by atoms with van der Waals surface area (Å²) in [5.41, 5.74) is 4.48. The summed E-state index contributed by atoms with van der Waals surface area (Å²) in [5.74, 6) is 2.79. The molecule has 0 aliphatic rings. The van der Waals surface area contributed by atoms with Gasteiger partial charge in [-0.25, -0.2) is 4.98 Å². The van der Waals surface area contributed by atoms with E-state index in [0.29, 0.717) is 48.2 Å². The summed E-state index contributed by atoms with van der Waals surface area (Å²) in [5, 5.41) is 0.371. The zero-order chi connectivity index (χ0) is 31.8. The number of benzene rings is 3. The lowest BCUT2D eigenvalue weighted by molar-refractivity contribution is 0.204. The summed E-state index contributed by atoms with van der Waals surface area (Å²) in [6.07, 6.45) is 3.43. The molecular formula is C36H39ClN4O4. The van der Waals surface area contributed by atoms with Gasteiger partial charge in [0, 0.05) is 25.2 Å². The van der Waals surface area contributed by atoms with E-state index in [2.05, 4.69) is 11.8 Å². The second-order valence-corrected chi connectivity index (χ2v) is 11.3. The highest BCUT2D eigenvalue weighted by atomic mass is 35.5. The monoisotopic (exact) mass is 626 g/mol. The van der Waals surface area contributed by atoms with Crippen LogP contribution in [0.2, 0.25) is 0 Å². The second kappa shape index (κ2) is 14.9. The number of halogens is 1. The van der Waals surface area contributed by atoms with Crippen LogP contribution in [0.25, 0.3) is 10.9 Å². The van der Waals surface area contributed by atoms with Gasteiger partial charge in [0.1, 0.15) is 16.9 Å². The van der Waals surface area contributed by atoms with Crippen LogP contribution >= 0.6 is 11.6 Å². The van der Waals surface area contributed by atoms with Crippen LogP contribution in [0.4, 0.5) is 5.95 Å². The van der Waals surface area contributed by atoms with E-state index in [1.54, 1.807) is 25.0 Å². The molecule has 0 spiro atoms. The molecule has 2 heterocycles. The molecular weight excluding hydrogens is 588 g/mol. The molecule has 45 heavy (non-hydrogen) atoms. The molecule has 9 heteroatoms. The Kier molecular flexibility index (Phi) is 10.6. The van der Waals surface area contributed by atoms with Gasteiger partial charge in [-0.1, -0.05) is 61.9 Å². The summed E-state index contributed by atoms with van der Waals surface area (Å²) in [6.45, 7) is 5.58. The molecule has 5 aromatic rings. The molecule has 0 aliphatic heterocycles. The van der Waals surface area contributed by atoms with Crippen LogP contribution in [0.1, 0.15) is 48.9 Å². The first-order valence-corrected chi connectivity index (χ1v) is 15.7. The standard InChI is InChI=1S/C36H39ClN4O4/c1-5-6-25(2)45-34-33-32(19-20-40(35(33)42)22-27-9-7-26(21-37)8-10-27)38-36(39-34)41(23-28-11-15-30(43-3)16-12-28)24-29-13-17-31(44-4)18-14-29/h7-20,25H,5-6,21-24H2,1-4H3. The van der Waals surface area contributed by atoms with Crippen LogP contribution in [0.15, 0.2) is 89.9 Å². The number of methoxy groups -OCH3 is 2. The first-order chi connectivity index (χ1) is 21.9. The highest BCUT2D eigenvalue weighted by Crippen LogP contribution is 2.27. The highest BCUT2D eigenvalue weighted by Gasteiger charge is 2.21. The predicted octanol–water partition coefficient (Wildman–Crippen LogP) is 7.37. The van der Waals surface area contributed by atoms with Crippen molar-refractivity contribution < 1.29 is 14.2 Å². The number of nitrogens with zero attached hydrogens (tertiary/aromatic N) is 4. The summed E-state index contributed by atoms with van der Waals surface area (Å²) < 4.78 is 18.8. The van der Waals surface area contributed by atoms with Crippen molar-refractivity contribution in [2.75, 3.05) is 19.1 Å². The number of pyridine rings is 1. The molecule has 0 N–H and O–H groups in total. The second-order valence-electron chi connectivity index (χ2n) is 11.1. The lowest BCUT2D eigenvalue weighted by Crippen LogP contribution is -2.27. The van der Waals surface area contributed by atoms with E-state index in [1.807, 2.05) is 85.8 Å². The number of rotatable bonds is 14. The summed E-state index contributed by atoms with van der Waals surface area (Å²) in [6, 6.07) is 25.7. The number of ether oxygens (including phenoxy) is 3. The van der Waals surface area contributed by atoms with E-state index in [4.69, 9.17) is 35.8 Å². The number of anilines is 1. The average Bonchev–Trinajstić information content (AvgIpc) is 3.06. The van der Waals surface area contributed by atoms with Crippen molar-refractivity contribution in [3.63, 3.8) is 0 Å². The van der Waals surface area contributed by atoms with E-state index in [1.165, 1.54) is 0 Å². The summed E-state index contributed by atoms with van der Waals surface area (Å²) in [4.78, 5) is 25.9. The molecule has 8 nitrogen and oxygen atoms in total. The highest BCUT2D eigenvalue weighted by molar-refractivity contribution is 6.17. The maximum Gasteiger partial charge on any atom is 0.265 e. The zero-order valence-corrected chi connectivity index (χ0v) is 27.0. The smallest absolute Gasteiger partial charge is 0.265 e. The fourth-order valence-corrected chi connectivity index (χ4v) is 5.35. The first kappa shape index (κ1) is 31.9. The fourth-order valence-electron chi connectivity index (χ4n) is 5.18. The third kappa shape index (κ3) is 7.94. The molecule has 5 rings (SSSR count). The van der Waals surface area contributed by atoms with Gasteiger partial charge in [0.25, 0.3) is 5.56 Å². The van der Waals surface area contributed by atoms with Crippen molar-refractivity contribution in [1.29, 1.82) is 0 Å². The first-order valence-electron chi connectivity index (χ1n) is 15.1. The van der Waals surface area contributed by atoms with Crippen LogP contribution in [-0.2, 0) is 25.5 Å². The fraction of sp³-hybridized carbons (Fsp3) is 0.306. The predicted molar refractivity (Wildman–Crippen MR) is 180 cm³/mol. The van der Waals surface area contributed by atoms with Gasteiger partial charge < -0.3 is 23.7 Å². The molecule has 2 aromatic heterocycles. The van der Waals surface area contributed by atoms with Gasteiger partial charge in [-0.15, -0.1) is 11.6 Å². The minimum atomic E-state index is -0.198. The Labute approximate surface area is 269 Å².